The van der Waals surface area contributed by atoms with E-state index in [0.29, 0.717) is 24.2 Å². The molecule has 0 aromatic heterocycles. The Morgan fingerprint density at radius 2 is 2.28 bits per heavy atom. The van der Waals surface area contributed by atoms with Gasteiger partial charge in [0.2, 0.25) is 0 Å². The fourth-order valence-electron chi connectivity index (χ4n) is 3.93. The van der Waals surface area contributed by atoms with Crippen LogP contribution in [-0.4, -0.2) is 31.5 Å². The second kappa shape index (κ2) is 3.82. The number of nitrogens with zero attached hydrogens (tertiary/aromatic N) is 1. The maximum absolute atomic E-state index is 12.2. The lowest BCUT2D eigenvalue weighted by Gasteiger charge is -2.33. The Bertz CT molecular complexity index is 511. The number of rotatable bonds is 0. The van der Waals surface area contributed by atoms with Gasteiger partial charge in [0.25, 0.3) is 0 Å². The van der Waals surface area contributed by atoms with Crippen LogP contribution in [0.4, 0.5) is 5.69 Å². The Kier molecular flexibility index (Phi) is 2.24. The first-order chi connectivity index (χ1) is 8.86. The number of ketones is 1. The smallest absolute Gasteiger partial charge is 0.165 e. The molecule has 18 heavy (non-hydrogen) atoms. The van der Waals surface area contributed by atoms with Crippen molar-refractivity contribution in [2.24, 2.45) is 0 Å². The van der Waals surface area contributed by atoms with Gasteiger partial charge in [0.05, 0.1) is 5.69 Å². The molecule has 0 saturated carbocycles. The topological polar surface area (TPSA) is 32.3 Å². The molecule has 1 N–H and O–H groups in total. The second-order valence-electron chi connectivity index (χ2n) is 5.63. The van der Waals surface area contributed by atoms with Crippen molar-refractivity contribution < 1.29 is 4.79 Å². The standard InChI is InChI=1S/C15H18N2O/c18-14-5-2-8-17-13-6-7-16-9-12(13)10-3-1-4-11(14)15(10)17/h1,3-4,12-13,16H,2,5-9H2/t12-,13-/m0/s1. The first kappa shape index (κ1) is 10.6. The quantitative estimate of drug-likeness (QED) is 0.754. The Labute approximate surface area is 107 Å². The Morgan fingerprint density at radius 1 is 1.33 bits per heavy atom. The minimum absolute atomic E-state index is 0.334. The molecule has 4 rings (SSSR count). The van der Waals surface area contributed by atoms with E-state index in [-0.39, 0.29) is 0 Å². The number of benzene rings is 1. The predicted octanol–water partition coefficient (Wildman–Crippen LogP) is 1.93. The van der Waals surface area contributed by atoms with Gasteiger partial charge >= 0.3 is 0 Å². The summed E-state index contributed by atoms with van der Waals surface area (Å²) in [7, 11) is 0. The zero-order chi connectivity index (χ0) is 12.1. The summed E-state index contributed by atoms with van der Waals surface area (Å²) in [6, 6.07) is 6.92. The third-order valence-corrected chi connectivity index (χ3v) is 4.70. The molecule has 3 nitrogen and oxygen atoms in total. The molecule has 3 aliphatic rings. The lowest BCUT2D eigenvalue weighted by molar-refractivity contribution is 0.0983. The zero-order valence-corrected chi connectivity index (χ0v) is 10.5. The highest BCUT2D eigenvalue weighted by Gasteiger charge is 2.42. The molecule has 94 valence electrons. The van der Waals surface area contributed by atoms with Crippen LogP contribution in [0.5, 0.6) is 0 Å². The number of Topliss-reactive ketones (excluding diaryl/α,β-unsaturated/α-hetero) is 1. The van der Waals surface area contributed by atoms with Crippen LogP contribution in [0.2, 0.25) is 0 Å². The molecule has 1 saturated heterocycles. The van der Waals surface area contributed by atoms with Gasteiger partial charge in [0.1, 0.15) is 0 Å². The number of hydrogen-bond acceptors (Lipinski definition) is 3. The van der Waals surface area contributed by atoms with Crippen molar-refractivity contribution in [3.05, 3.63) is 29.3 Å². The van der Waals surface area contributed by atoms with Gasteiger partial charge in [-0.05, 0) is 31.0 Å². The van der Waals surface area contributed by atoms with Crippen molar-refractivity contribution in [2.45, 2.75) is 31.2 Å². The summed E-state index contributed by atoms with van der Waals surface area (Å²) in [5.41, 5.74) is 3.64. The third-order valence-electron chi connectivity index (χ3n) is 4.70. The fourth-order valence-corrected chi connectivity index (χ4v) is 3.93. The van der Waals surface area contributed by atoms with E-state index in [1.807, 2.05) is 6.07 Å². The summed E-state index contributed by atoms with van der Waals surface area (Å²) in [4.78, 5) is 14.7. The van der Waals surface area contributed by atoms with Crippen molar-refractivity contribution in [3.63, 3.8) is 0 Å². The van der Waals surface area contributed by atoms with Gasteiger partial charge in [0, 0.05) is 37.0 Å². The third kappa shape index (κ3) is 1.31. The average molecular weight is 242 g/mol. The van der Waals surface area contributed by atoms with Crippen LogP contribution in [0.3, 0.4) is 0 Å². The monoisotopic (exact) mass is 242 g/mol. The number of anilines is 1. The molecule has 2 atom stereocenters. The summed E-state index contributed by atoms with van der Waals surface area (Å²) < 4.78 is 0. The van der Waals surface area contributed by atoms with E-state index in [1.54, 1.807) is 0 Å². The van der Waals surface area contributed by atoms with Crippen molar-refractivity contribution in [1.82, 2.24) is 5.32 Å². The van der Waals surface area contributed by atoms with Crippen LogP contribution < -0.4 is 10.2 Å². The maximum Gasteiger partial charge on any atom is 0.165 e. The maximum atomic E-state index is 12.2. The summed E-state index contributed by atoms with van der Waals surface area (Å²) in [5, 5.41) is 3.50. The highest BCUT2D eigenvalue weighted by atomic mass is 16.1. The highest BCUT2D eigenvalue weighted by Crippen LogP contribution is 2.46. The van der Waals surface area contributed by atoms with Gasteiger partial charge in [-0.1, -0.05) is 12.1 Å². The molecule has 0 bridgehead atoms. The van der Waals surface area contributed by atoms with E-state index < -0.39 is 0 Å². The van der Waals surface area contributed by atoms with E-state index in [2.05, 4.69) is 22.3 Å². The van der Waals surface area contributed by atoms with E-state index in [0.717, 1.165) is 31.6 Å². The normalized spacial score (nSPS) is 29.8. The summed E-state index contributed by atoms with van der Waals surface area (Å²) in [6.45, 7) is 3.22. The number of piperidine rings is 1. The SMILES string of the molecule is O=C1CCCN2c3c1cccc3[C@@H]1CNCC[C@@H]12. The van der Waals surface area contributed by atoms with E-state index >= 15 is 0 Å². The van der Waals surface area contributed by atoms with Crippen molar-refractivity contribution in [2.75, 3.05) is 24.5 Å². The number of fused-ring (bicyclic) bond motifs is 3. The van der Waals surface area contributed by atoms with Crippen molar-refractivity contribution >= 4 is 11.5 Å². The minimum atomic E-state index is 0.334. The van der Waals surface area contributed by atoms with Gasteiger partial charge in [-0.2, -0.15) is 0 Å². The predicted molar refractivity (Wildman–Crippen MR) is 71.4 cm³/mol. The molecule has 3 heterocycles. The molecule has 1 fully saturated rings. The zero-order valence-electron chi connectivity index (χ0n) is 10.5. The molecule has 1 aromatic carbocycles. The fraction of sp³-hybridized carbons (Fsp3) is 0.533. The van der Waals surface area contributed by atoms with Crippen LogP contribution in [0, 0.1) is 0 Å². The number of nitrogens with one attached hydrogen (secondary N) is 1. The summed E-state index contributed by atoms with van der Waals surface area (Å²) in [6.07, 6.45) is 2.92. The Hall–Kier alpha value is -1.35. The Morgan fingerprint density at radius 3 is 3.22 bits per heavy atom. The lowest BCUT2D eigenvalue weighted by Crippen LogP contribution is -2.44. The van der Waals surface area contributed by atoms with Crippen LogP contribution in [0.15, 0.2) is 18.2 Å². The van der Waals surface area contributed by atoms with Crippen molar-refractivity contribution in [3.8, 4) is 0 Å². The van der Waals surface area contributed by atoms with Crippen molar-refractivity contribution in [1.29, 1.82) is 0 Å². The molecule has 0 unspecified atom stereocenters. The minimum Gasteiger partial charge on any atom is -0.367 e. The molecule has 3 heteroatoms. The molecule has 0 aliphatic carbocycles. The van der Waals surface area contributed by atoms with Crippen LogP contribution in [0.25, 0.3) is 0 Å². The van der Waals surface area contributed by atoms with Crippen LogP contribution in [0.1, 0.15) is 41.1 Å². The number of hydrogen-bond donors (Lipinski definition) is 1. The summed E-state index contributed by atoms with van der Waals surface area (Å²) >= 11 is 0. The Balaban J connectivity index is 1.91. The van der Waals surface area contributed by atoms with Crippen LogP contribution in [-0.2, 0) is 0 Å². The van der Waals surface area contributed by atoms with E-state index in [1.165, 1.54) is 17.7 Å². The second-order valence-corrected chi connectivity index (χ2v) is 5.63. The first-order valence-electron chi connectivity index (χ1n) is 7.00. The van der Waals surface area contributed by atoms with Gasteiger partial charge in [-0.15, -0.1) is 0 Å². The molecular formula is C15H18N2O. The molecule has 3 aliphatic heterocycles. The molecule has 0 amide bonds. The van der Waals surface area contributed by atoms with E-state index in [9.17, 15) is 4.79 Å². The first-order valence-corrected chi connectivity index (χ1v) is 7.00. The van der Waals surface area contributed by atoms with Gasteiger partial charge in [-0.3, -0.25) is 4.79 Å². The highest BCUT2D eigenvalue weighted by molar-refractivity contribution is 6.03. The molecule has 1 aromatic rings. The molecule has 0 spiro atoms. The number of carbonyl (C=O) groups excluding carboxylic acids is 1. The number of carbonyl (C=O) groups is 1. The van der Waals surface area contributed by atoms with E-state index in [4.69, 9.17) is 0 Å². The molecule has 0 radical (unpaired) electrons. The summed E-state index contributed by atoms with van der Waals surface area (Å²) in [5.74, 6) is 0.917. The van der Waals surface area contributed by atoms with Crippen LogP contribution >= 0.6 is 0 Å². The number of para-hydroxylation sites is 1. The van der Waals surface area contributed by atoms with Gasteiger partial charge in [0.15, 0.2) is 5.78 Å². The average Bonchev–Trinajstić information content (AvgIpc) is 2.63. The van der Waals surface area contributed by atoms with Gasteiger partial charge in [-0.25, -0.2) is 0 Å². The largest absolute Gasteiger partial charge is 0.367 e. The molecular weight excluding hydrogens is 224 g/mol. The van der Waals surface area contributed by atoms with Gasteiger partial charge < -0.3 is 10.2 Å². The lowest BCUT2D eigenvalue weighted by atomic mass is 9.89.